The Morgan fingerprint density at radius 1 is 1.47 bits per heavy atom. The number of sulfonamides is 1. The standard InChI is InChI=1S/C10H13BrClNO3S/c1-7(2)6-16-13-17(14,15)8-3-4-10(12)9(11)5-8/h3-5,7,13H,6H2,1-2H3. The summed E-state index contributed by atoms with van der Waals surface area (Å²) in [7, 11) is -3.66. The molecule has 0 saturated carbocycles. The van der Waals surface area contributed by atoms with E-state index in [1.165, 1.54) is 18.2 Å². The minimum Gasteiger partial charge on any atom is -0.287 e. The zero-order valence-corrected chi connectivity index (χ0v) is 12.6. The molecule has 0 fully saturated rings. The molecule has 1 aromatic rings. The number of rotatable bonds is 5. The maximum atomic E-state index is 11.8. The van der Waals surface area contributed by atoms with Crippen LogP contribution in [0, 0.1) is 5.92 Å². The van der Waals surface area contributed by atoms with Crippen LogP contribution in [0.2, 0.25) is 5.02 Å². The molecule has 0 heterocycles. The Morgan fingerprint density at radius 3 is 2.65 bits per heavy atom. The molecule has 1 aromatic carbocycles. The summed E-state index contributed by atoms with van der Waals surface area (Å²) in [5, 5.41) is 0.451. The van der Waals surface area contributed by atoms with Gasteiger partial charge in [0.2, 0.25) is 0 Å². The summed E-state index contributed by atoms with van der Waals surface area (Å²) in [5.41, 5.74) is 0. The molecule has 0 spiro atoms. The average Bonchev–Trinajstić information content (AvgIpc) is 2.21. The van der Waals surface area contributed by atoms with Crippen LogP contribution in [-0.2, 0) is 14.9 Å². The molecule has 0 atom stereocenters. The Balaban J connectivity index is 2.79. The fraction of sp³-hybridized carbons (Fsp3) is 0.400. The van der Waals surface area contributed by atoms with Gasteiger partial charge >= 0.3 is 0 Å². The lowest BCUT2D eigenvalue weighted by molar-refractivity contribution is 0.0718. The SMILES string of the molecule is CC(C)CONS(=O)(=O)c1ccc(Cl)c(Br)c1. The highest BCUT2D eigenvalue weighted by Crippen LogP contribution is 2.25. The summed E-state index contributed by atoms with van der Waals surface area (Å²) in [6, 6.07) is 4.33. The molecule has 1 rings (SSSR count). The third-order valence-electron chi connectivity index (χ3n) is 1.79. The first-order valence-corrected chi connectivity index (χ1v) is 7.57. The number of halogens is 2. The molecule has 0 aliphatic rings. The maximum absolute atomic E-state index is 11.8. The number of nitrogens with one attached hydrogen (secondary N) is 1. The van der Waals surface area contributed by atoms with E-state index in [1.54, 1.807) is 0 Å². The fourth-order valence-electron chi connectivity index (χ4n) is 0.970. The van der Waals surface area contributed by atoms with Gasteiger partial charge in [-0.05, 0) is 40.0 Å². The minimum atomic E-state index is -3.66. The van der Waals surface area contributed by atoms with E-state index in [0.717, 1.165) is 0 Å². The monoisotopic (exact) mass is 341 g/mol. The second kappa shape index (κ2) is 6.15. The molecular weight excluding hydrogens is 330 g/mol. The third-order valence-corrected chi connectivity index (χ3v) is 4.21. The van der Waals surface area contributed by atoms with E-state index in [0.29, 0.717) is 16.1 Å². The summed E-state index contributed by atoms with van der Waals surface area (Å²) in [6.45, 7) is 4.16. The van der Waals surface area contributed by atoms with E-state index in [4.69, 9.17) is 16.4 Å². The van der Waals surface area contributed by atoms with E-state index in [2.05, 4.69) is 20.8 Å². The number of hydrogen-bond donors (Lipinski definition) is 1. The van der Waals surface area contributed by atoms with Gasteiger partial charge in [0.15, 0.2) is 0 Å². The molecule has 0 aliphatic heterocycles. The van der Waals surface area contributed by atoms with Gasteiger partial charge in [-0.3, -0.25) is 4.84 Å². The zero-order chi connectivity index (χ0) is 13.1. The van der Waals surface area contributed by atoms with Gasteiger partial charge in [-0.25, -0.2) is 8.42 Å². The molecule has 0 aliphatic carbocycles. The largest absolute Gasteiger partial charge is 0.287 e. The van der Waals surface area contributed by atoms with Gasteiger partial charge in [-0.1, -0.05) is 30.3 Å². The van der Waals surface area contributed by atoms with Gasteiger partial charge in [0, 0.05) is 4.47 Å². The fourth-order valence-corrected chi connectivity index (χ4v) is 2.46. The summed E-state index contributed by atoms with van der Waals surface area (Å²) >= 11 is 8.95. The van der Waals surface area contributed by atoms with Crippen molar-refractivity contribution in [3.05, 3.63) is 27.7 Å². The van der Waals surface area contributed by atoms with Crippen molar-refractivity contribution in [2.45, 2.75) is 18.7 Å². The second-order valence-electron chi connectivity index (χ2n) is 3.87. The van der Waals surface area contributed by atoms with Crippen LogP contribution in [0.15, 0.2) is 27.6 Å². The average molecular weight is 343 g/mol. The molecule has 0 radical (unpaired) electrons. The molecule has 0 saturated heterocycles. The first-order valence-electron chi connectivity index (χ1n) is 4.91. The lowest BCUT2D eigenvalue weighted by Gasteiger charge is -2.09. The summed E-state index contributed by atoms with van der Waals surface area (Å²) in [4.78, 5) is 7.05. The zero-order valence-electron chi connectivity index (χ0n) is 9.41. The van der Waals surface area contributed by atoms with Crippen LogP contribution in [0.4, 0.5) is 0 Å². The van der Waals surface area contributed by atoms with E-state index in [1.807, 2.05) is 13.8 Å². The van der Waals surface area contributed by atoms with Gasteiger partial charge in [-0.2, -0.15) is 0 Å². The highest BCUT2D eigenvalue weighted by Gasteiger charge is 2.15. The van der Waals surface area contributed by atoms with Gasteiger partial charge in [0.1, 0.15) is 0 Å². The van der Waals surface area contributed by atoms with Crippen molar-refractivity contribution in [2.24, 2.45) is 5.92 Å². The summed E-state index contributed by atoms with van der Waals surface area (Å²) in [6.07, 6.45) is 0. The quantitative estimate of drug-likeness (QED) is 0.837. The maximum Gasteiger partial charge on any atom is 0.262 e. The Labute approximate surface area is 114 Å². The van der Waals surface area contributed by atoms with Crippen molar-refractivity contribution in [3.8, 4) is 0 Å². The van der Waals surface area contributed by atoms with Crippen molar-refractivity contribution < 1.29 is 13.3 Å². The molecule has 17 heavy (non-hydrogen) atoms. The Morgan fingerprint density at radius 2 is 2.12 bits per heavy atom. The lowest BCUT2D eigenvalue weighted by Crippen LogP contribution is -2.25. The molecule has 96 valence electrons. The number of hydrogen-bond acceptors (Lipinski definition) is 3. The molecule has 4 nitrogen and oxygen atoms in total. The Hall–Kier alpha value is -0.140. The first kappa shape index (κ1) is 14.9. The van der Waals surface area contributed by atoms with Crippen LogP contribution in [0.5, 0.6) is 0 Å². The first-order chi connectivity index (χ1) is 7.83. The second-order valence-corrected chi connectivity index (χ2v) is 6.77. The van der Waals surface area contributed by atoms with Crippen LogP contribution in [0.25, 0.3) is 0 Å². The topological polar surface area (TPSA) is 55.4 Å². The van der Waals surface area contributed by atoms with Crippen molar-refractivity contribution in [1.82, 2.24) is 4.89 Å². The molecule has 7 heteroatoms. The molecular formula is C10H13BrClNO3S. The van der Waals surface area contributed by atoms with E-state index in [9.17, 15) is 8.42 Å². The smallest absolute Gasteiger partial charge is 0.262 e. The Kier molecular flexibility index (Phi) is 5.40. The Bertz CT molecular complexity index is 490. The van der Waals surface area contributed by atoms with Gasteiger partial charge < -0.3 is 0 Å². The van der Waals surface area contributed by atoms with Crippen LogP contribution in [0.3, 0.4) is 0 Å². The van der Waals surface area contributed by atoms with Gasteiger partial charge in [0.05, 0.1) is 16.5 Å². The molecule has 0 amide bonds. The molecule has 1 N–H and O–H groups in total. The highest BCUT2D eigenvalue weighted by atomic mass is 79.9. The normalized spacial score (nSPS) is 12.1. The van der Waals surface area contributed by atoms with Crippen LogP contribution < -0.4 is 4.89 Å². The van der Waals surface area contributed by atoms with Gasteiger partial charge in [-0.15, -0.1) is 0 Å². The van der Waals surface area contributed by atoms with Crippen molar-refractivity contribution >= 4 is 37.6 Å². The van der Waals surface area contributed by atoms with E-state index < -0.39 is 10.0 Å². The van der Waals surface area contributed by atoms with Crippen molar-refractivity contribution in [2.75, 3.05) is 6.61 Å². The summed E-state index contributed by atoms with van der Waals surface area (Å²) < 4.78 is 24.1. The summed E-state index contributed by atoms with van der Waals surface area (Å²) in [5.74, 6) is 0.245. The van der Waals surface area contributed by atoms with Crippen LogP contribution in [0.1, 0.15) is 13.8 Å². The third kappa shape index (κ3) is 4.56. The van der Waals surface area contributed by atoms with Crippen molar-refractivity contribution in [3.63, 3.8) is 0 Å². The van der Waals surface area contributed by atoms with Crippen LogP contribution in [-0.4, -0.2) is 15.0 Å². The van der Waals surface area contributed by atoms with Crippen LogP contribution >= 0.6 is 27.5 Å². The molecule has 0 bridgehead atoms. The predicted molar refractivity (Wildman–Crippen MR) is 70.3 cm³/mol. The minimum absolute atomic E-state index is 0.0949. The molecule has 0 unspecified atom stereocenters. The van der Waals surface area contributed by atoms with Gasteiger partial charge in [0.25, 0.3) is 10.0 Å². The van der Waals surface area contributed by atoms with Crippen molar-refractivity contribution in [1.29, 1.82) is 0 Å². The predicted octanol–water partition coefficient (Wildman–Crippen LogP) is 2.97. The highest BCUT2D eigenvalue weighted by molar-refractivity contribution is 9.10. The van der Waals surface area contributed by atoms with E-state index in [-0.39, 0.29) is 10.8 Å². The number of benzene rings is 1. The van der Waals surface area contributed by atoms with E-state index >= 15 is 0 Å². The molecule has 0 aromatic heterocycles. The lowest BCUT2D eigenvalue weighted by atomic mass is 10.2.